The van der Waals surface area contributed by atoms with Crippen molar-refractivity contribution < 1.29 is 19.2 Å². The summed E-state index contributed by atoms with van der Waals surface area (Å²) >= 11 is 0. The minimum absolute atomic E-state index is 0.0960. The molecule has 86 valence electrons. The number of para-hydroxylation sites is 1. The molecule has 0 aliphatic carbocycles. The minimum Gasteiger partial charge on any atom is -0.530 e. The number of phenolic OH excluding ortho intramolecular Hbond substituents is 1. The SMILES string of the molecule is OB(Oc1cccc(F)c1O)c1ccccc1. The van der Waals surface area contributed by atoms with Crippen LogP contribution in [0.15, 0.2) is 48.5 Å². The number of aromatic hydroxyl groups is 1. The average Bonchev–Trinajstić information content (AvgIpc) is 2.36. The van der Waals surface area contributed by atoms with Crippen LogP contribution in [0.3, 0.4) is 0 Å². The maximum atomic E-state index is 13.0. The summed E-state index contributed by atoms with van der Waals surface area (Å²) in [5, 5.41) is 19.1. The molecule has 0 aromatic heterocycles. The summed E-state index contributed by atoms with van der Waals surface area (Å²) in [6.07, 6.45) is 0. The minimum atomic E-state index is -1.25. The van der Waals surface area contributed by atoms with Gasteiger partial charge in [-0.3, -0.25) is 0 Å². The van der Waals surface area contributed by atoms with Crippen LogP contribution in [0, 0.1) is 5.82 Å². The van der Waals surface area contributed by atoms with Gasteiger partial charge in [-0.15, -0.1) is 0 Å². The van der Waals surface area contributed by atoms with Crippen molar-refractivity contribution in [3.8, 4) is 11.5 Å². The van der Waals surface area contributed by atoms with Gasteiger partial charge in [-0.25, -0.2) is 4.39 Å². The molecule has 2 aromatic rings. The molecule has 0 amide bonds. The van der Waals surface area contributed by atoms with E-state index in [9.17, 15) is 14.5 Å². The van der Waals surface area contributed by atoms with Crippen molar-refractivity contribution in [1.29, 1.82) is 0 Å². The van der Waals surface area contributed by atoms with E-state index in [1.54, 1.807) is 30.3 Å². The standard InChI is InChI=1S/C12H10BFO3/c14-10-7-4-8-11(12(10)15)17-13(16)9-5-2-1-3-6-9/h1-8,15-16H. The Kier molecular flexibility index (Phi) is 3.30. The lowest BCUT2D eigenvalue weighted by Gasteiger charge is -2.11. The molecule has 0 aliphatic heterocycles. The maximum Gasteiger partial charge on any atom is 0.560 e. The summed E-state index contributed by atoms with van der Waals surface area (Å²) in [5.74, 6) is -1.49. The Bertz CT molecular complexity index is 504. The first-order valence-corrected chi connectivity index (χ1v) is 5.05. The third kappa shape index (κ3) is 2.57. The smallest absolute Gasteiger partial charge is 0.530 e. The van der Waals surface area contributed by atoms with E-state index in [4.69, 9.17) is 4.65 Å². The van der Waals surface area contributed by atoms with Gasteiger partial charge in [-0.1, -0.05) is 36.4 Å². The van der Waals surface area contributed by atoms with E-state index in [2.05, 4.69) is 0 Å². The van der Waals surface area contributed by atoms with Gasteiger partial charge in [0.1, 0.15) is 5.75 Å². The fourth-order valence-electron chi connectivity index (χ4n) is 1.40. The zero-order valence-electron chi connectivity index (χ0n) is 8.88. The molecule has 0 radical (unpaired) electrons. The third-order valence-electron chi connectivity index (χ3n) is 2.27. The van der Waals surface area contributed by atoms with Crippen LogP contribution >= 0.6 is 0 Å². The number of hydrogen-bond donors (Lipinski definition) is 2. The lowest BCUT2D eigenvalue weighted by Crippen LogP contribution is -2.36. The number of halogens is 1. The van der Waals surface area contributed by atoms with E-state index in [1.165, 1.54) is 12.1 Å². The quantitative estimate of drug-likeness (QED) is 0.784. The number of rotatable bonds is 3. The van der Waals surface area contributed by atoms with Crippen LogP contribution in [0.25, 0.3) is 0 Å². The lowest BCUT2D eigenvalue weighted by atomic mass is 9.79. The fourth-order valence-corrected chi connectivity index (χ4v) is 1.40. The maximum absolute atomic E-state index is 13.0. The van der Waals surface area contributed by atoms with E-state index in [0.717, 1.165) is 6.07 Å². The van der Waals surface area contributed by atoms with Gasteiger partial charge in [0.15, 0.2) is 11.6 Å². The van der Waals surface area contributed by atoms with Crippen LogP contribution in [-0.2, 0) is 0 Å². The van der Waals surface area contributed by atoms with E-state index >= 15 is 0 Å². The van der Waals surface area contributed by atoms with Gasteiger partial charge in [-0.2, -0.15) is 0 Å². The highest BCUT2D eigenvalue weighted by Gasteiger charge is 2.20. The van der Waals surface area contributed by atoms with Gasteiger partial charge < -0.3 is 14.8 Å². The Morgan fingerprint density at radius 1 is 1.00 bits per heavy atom. The summed E-state index contributed by atoms with van der Waals surface area (Å²) in [5.41, 5.74) is 0.524. The van der Waals surface area contributed by atoms with Crippen LogP contribution in [0.1, 0.15) is 0 Å². The van der Waals surface area contributed by atoms with Gasteiger partial charge in [0.2, 0.25) is 0 Å². The second-order valence-corrected chi connectivity index (χ2v) is 3.47. The highest BCUT2D eigenvalue weighted by atomic mass is 19.1. The molecule has 5 heteroatoms. The first-order chi connectivity index (χ1) is 8.18. The molecule has 0 fully saturated rings. The van der Waals surface area contributed by atoms with Crippen LogP contribution in [0.4, 0.5) is 4.39 Å². The predicted octanol–water partition coefficient (Wildman–Crippen LogP) is 1.30. The Morgan fingerprint density at radius 2 is 1.71 bits per heavy atom. The van der Waals surface area contributed by atoms with Crippen molar-refractivity contribution in [3.63, 3.8) is 0 Å². The molecule has 0 aliphatic rings. The summed E-state index contributed by atoms with van der Waals surface area (Å²) in [6, 6.07) is 12.5. The first kappa shape index (κ1) is 11.5. The van der Waals surface area contributed by atoms with E-state index in [0.29, 0.717) is 5.46 Å². The molecule has 2 N–H and O–H groups in total. The van der Waals surface area contributed by atoms with Crippen molar-refractivity contribution in [2.24, 2.45) is 0 Å². The van der Waals surface area contributed by atoms with Crippen molar-refractivity contribution in [2.45, 2.75) is 0 Å². The van der Waals surface area contributed by atoms with Gasteiger partial charge >= 0.3 is 7.12 Å². The van der Waals surface area contributed by atoms with E-state index < -0.39 is 18.7 Å². The molecule has 0 unspecified atom stereocenters. The molecule has 0 bridgehead atoms. The zero-order chi connectivity index (χ0) is 12.3. The highest BCUT2D eigenvalue weighted by Crippen LogP contribution is 2.28. The van der Waals surface area contributed by atoms with Crippen molar-refractivity contribution in [2.75, 3.05) is 0 Å². The second-order valence-electron chi connectivity index (χ2n) is 3.47. The van der Waals surface area contributed by atoms with Crippen LogP contribution in [0.5, 0.6) is 11.5 Å². The average molecular weight is 232 g/mol. The number of phenols is 1. The van der Waals surface area contributed by atoms with Crippen LogP contribution < -0.4 is 10.1 Å². The van der Waals surface area contributed by atoms with Gasteiger partial charge in [0.25, 0.3) is 0 Å². The topological polar surface area (TPSA) is 49.7 Å². The lowest BCUT2D eigenvalue weighted by molar-refractivity contribution is 0.380. The van der Waals surface area contributed by atoms with Gasteiger partial charge in [-0.05, 0) is 17.6 Å². The normalized spacial score (nSPS) is 10.0. The van der Waals surface area contributed by atoms with Gasteiger partial charge in [0, 0.05) is 0 Å². The Hall–Kier alpha value is -2.01. The molecule has 0 atom stereocenters. The largest absolute Gasteiger partial charge is 0.560 e. The Labute approximate surface area is 98.2 Å². The molecular weight excluding hydrogens is 222 g/mol. The molecule has 3 nitrogen and oxygen atoms in total. The fraction of sp³-hybridized carbons (Fsp3) is 0. The summed E-state index contributed by atoms with van der Waals surface area (Å²) in [7, 11) is -1.25. The highest BCUT2D eigenvalue weighted by molar-refractivity contribution is 6.60. The number of benzene rings is 2. The first-order valence-electron chi connectivity index (χ1n) is 5.05. The second kappa shape index (κ2) is 4.89. The number of hydrogen-bond acceptors (Lipinski definition) is 3. The van der Waals surface area contributed by atoms with Crippen molar-refractivity contribution >= 4 is 12.6 Å². The Balaban J connectivity index is 2.19. The van der Waals surface area contributed by atoms with Crippen molar-refractivity contribution in [1.82, 2.24) is 0 Å². The summed E-state index contributed by atoms with van der Waals surface area (Å²) in [4.78, 5) is 0. The molecule has 0 heterocycles. The third-order valence-corrected chi connectivity index (χ3v) is 2.27. The van der Waals surface area contributed by atoms with E-state index in [1.807, 2.05) is 0 Å². The molecular formula is C12H10BFO3. The molecule has 0 spiro atoms. The molecule has 0 saturated carbocycles. The van der Waals surface area contributed by atoms with E-state index in [-0.39, 0.29) is 5.75 Å². The predicted molar refractivity (Wildman–Crippen MR) is 62.7 cm³/mol. The molecule has 2 aromatic carbocycles. The van der Waals surface area contributed by atoms with Crippen molar-refractivity contribution in [3.05, 3.63) is 54.3 Å². The molecule has 17 heavy (non-hydrogen) atoms. The van der Waals surface area contributed by atoms with Crippen LogP contribution in [-0.4, -0.2) is 17.2 Å². The van der Waals surface area contributed by atoms with Crippen LogP contribution in [0.2, 0.25) is 0 Å². The molecule has 0 saturated heterocycles. The summed E-state index contributed by atoms with van der Waals surface area (Å²) in [6.45, 7) is 0. The molecule has 2 rings (SSSR count). The zero-order valence-corrected chi connectivity index (χ0v) is 8.88. The Morgan fingerprint density at radius 3 is 2.41 bits per heavy atom. The van der Waals surface area contributed by atoms with Gasteiger partial charge in [0.05, 0.1) is 0 Å². The monoisotopic (exact) mass is 232 g/mol. The summed E-state index contributed by atoms with van der Waals surface area (Å²) < 4.78 is 18.1.